The van der Waals surface area contributed by atoms with Crippen molar-refractivity contribution in [2.75, 3.05) is 27.9 Å². The molecule has 8 nitrogen and oxygen atoms in total. The summed E-state index contributed by atoms with van der Waals surface area (Å²) < 4.78 is 23.6. The molecule has 1 aliphatic heterocycles. The number of nitrogens with zero attached hydrogens (tertiary/aromatic N) is 3. The molecular weight excluding hydrogens is 350 g/mol. The minimum atomic E-state index is -3.09. The van der Waals surface area contributed by atoms with Gasteiger partial charge in [-0.05, 0) is 18.6 Å². The van der Waals surface area contributed by atoms with Crippen molar-refractivity contribution in [3.8, 4) is 0 Å². The van der Waals surface area contributed by atoms with Crippen LogP contribution in [0.25, 0.3) is 0 Å². The van der Waals surface area contributed by atoms with Gasteiger partial charge in [0.2, 0.25) is 17.0 Å². The molecule has 3 N–H and O–H groups in total. The van der Waals surface area contributed by atoms with Crippen LogP contribution in [0.4, 0.5) is 11.6 Å². The average Bonchev–Trinajstić information content (AvgIpc) is 3.12. The average molecular weight is 367 g/mol. The fourth-order valence-electron chi connectivity index (χ4n) is 2.64. The van der Waals surface area contributed by atoms with Gasteiger partial charge in [-0.1, -0.05) is 30.0 Å². The minimum Gasteiger partial charge on any atom is -0.368 e. The molecule has 0 radical (unpaired) electrons. The first-order valence-electron chi connectivity index (χ1n) is 7.33. The Morgan fingerprint density at radius 1 is 1.38 bits per heavy atom. The molecule has 1 fully saturated rings. The van der Waals surface area contributed by atoms with Crippen molar-refractivity contribution < 1.29 is 13.2 Å². The van der Waals surface area contributed by atoms with Gasteiger partial charge in [-0.15, -0.1) is 5.10 Å². The highest BCUT2D eigenvalue weighted by Gasteiger charge is 2.35. The number of carbonyl (C=O) groups excluding carboxylic acids is 1. The Hall–Kier alpha value is -2.07. The highest BCUT2D eigenvalue weighted by molar-refractivity contribution is 7.99. The fourth-order valence-corrected chi connectivity index (χ4v) is 5.01. The van der Waals surface area contributed by atoms with Gasteiger partial charge >= 0.3 is 0 Å². The van der Waals surface area contributed by atoms with Crippen molar-refractivity contribution in [2.45, 2.75) is 17.6 Å². The second kappa shape index (κ2) is 6.81. The number of thioether (sulfide) groups is 1. The number of rotatable bonds is 5. The lowest BCUT2D eigenvalue weighted by atomic mass is 10.2. The fraction of sp³-hybridized carbons (Fsp3) is 0.357. The van der Waals surface area contributed by atoms with E-state index < -0.39 is 9.84 Å². The summed E-state index contributed by atoms with van der Waals surface area (Å²) in [5, 5.41) is 6.77. The van der Waals surface area contributed by atoms with Crippen LogP contribution in [-0.4, -0.2) is 52.8 Å². The monoisotopic (exact) mass is 367 g/mol. The number of hydrogen-bond donors (Lipinski definition) is 2. The minimum absolute atomic E-state index is 0.00803. The summed E-state index contributed by atoms with van der Waals surface area (Å²) in [6, 6.07) is 8.76. The molecule has 1 aromatic heterocycles. The lowest BCUT2D eigenvalue weighted by Gasteiger charge is -2.28. The maximum Gasteiger partial charge on any atom is 0.237 e. The van der Waals surface area contributed by atoms with Crippen LogP contribution < -0.4 is 10.6 Å². The van der Waals surface area contributed by atoms with Crippen LogP contribution in [-0.2, 0) is 14.6 Å². The van der Waals surface area contributed by atoms with Crippen LogP contribution in [0.2, 0.25) is 0 Å². The topological polar surface area (TPSA) is 122 Å². The van der Waals surface area contributed by atoms with E-state index in [0.717, 1.165) is 11.8 Å². The van der Waals surface area contributed by atoms with Gasteiger partial charge in [0.05, 0.1) is 23.3 Å². The third kappa shape index (κ3) is 3.88. The Morgan fingerprint density at radius 3 is 2.71 bits per heavy atom. The lowest BCUT2D eigenvalue weighted by Crippen LogP contribution is -2.42. The molecule has 1 aliphatic rings. The zero-order valence-electron chi connectivity index (χ0n) is 12.8. The van der Waals surface area contributed by atoms with Crippen molar-refractivity contribution in [1.82, 2.24) is 15.2 Å². The number of nitrogens with one attached hydrogen (secondary N) is 1. The number of para-hydroxylation sites is 1. The number of nitrogen functional groups attached to an aromatic ring is 1. The summed E-state index contributed by atoms with van der Waals surface area (Å²) in [4.78, 5) is 18.3. The SMILES string of the molecule is Nc1nc(SCC(=O)N(c2ccccc2)[C@@H]2CCS(=O)(=O)C2)n[nH]1. The second-order valence-corrected chi connectivity index (χ2v) is 8.62. The Bertz CT molecular complexity index is 822. The van der Waals surface area contributed by atoms with Crippen LogP contribution in [0, 0.1) is 0 Å². The Kier molecular flexibility index (Phi) is 4.76. The summed E-state index contributed by atoms with van der Waals surface area (Å²) in [7, 11) is -3.09. The summed E-state index contributed by atoms with van der Waals surface area (Å²) in [6.07, 6.45) is 0.446. The number of carbonyl (C=O) groups is 1. The summed E-state index contributed by atoms with van der Waals surface area (Å²) in [5.41, 5.74) is 6.15. The normalized spacial score (nSPS) is 19.2. The van der Waals surface area contributed by atoms with E-state index >= 15 is 0 Å². The Balaban J connectivity index is 1.77. The highest BCUT2D eigenvalue weighted by Crippen LogP contribution is 2.26. The molecule has 0 spiro atoms. The standard InChI is InChI=1S/C14H17N5O3S2/c15-13-16-14(18-17-13)23-8-12(20)19(10-4-2-1-3-5-10)11-6-7-24(21,22)9-11/h1-5,11H,6-9H2,(H3,15,16,17,18)/t11-/m1/s1. The van der Waals surface area contributed by atoms with Gasteiger partial charge in [0.15, 0.2) is 9.84 Å². The molecule has 0 aliphatic carbocycles. The number of aromatic amines is 1. The second-order valence-electron chi connectivity index (χ2n) is 5.45. The Labute approximate surface area is 143 Å². The van der Waals surface area contributed by atoms with Gasteiger partial charge in [-0.3, -0.25) is 4.79 Å². The predicted molar refractivity (Wildman–Crippen MR) is 92.5 cm³/mol. The molecule has 0 bridgehead atoms. The third-order valence-corrected chi connectivity index (χ3v) is 6.27. The molecule has 128 valence electrons. The van der Waals surface area contributed by atoms with Gasteiger partial charge < -0.3 is 10.6 Å². The third-order valence-electron chi connectivity index (χ3n) is 3.68. The van der Waals surface area contributed by atoms with Gasteiger partial charge in [0.1, 0.15) is 0 Å². The molecule has 0 saturated carbocycles. The molecule has 3 rings (SSSR count). The zero-order chi connectivity index (χ0) is 17.2. The molecule has 2 aromatic rings. The molecule has 0 unspecified atom stereocenters. The number of H-pyrrole nitrogens is 1. The summed E-state index contributed by atoms with van der Waals surface area (Å²) in [6.45, 7) is 0. The first kappa shape index (κ1) is 16.8. The van der Waals surface area contributed by atoms with E-state index in [9.17, 15) is 13.2 Å². The van der Waals surface area contributed by atoms with E-state index in [0.29, 0.717) is 17.3 Å². The summed E-state index contributed by atoms with van der Waals surface area (Å²) >= 11 is 1.16. The van der Waals surface area contributed by atoms with E-state index in [2.05, 4.69) is 15.2 Å². The number of sulfone groups is 1. The zero-order valence-corrected chi connectivity index (χ0v) is 14.4. The van der Waals surface area contributed by atoms with E-state index in [1.54, 1.807) is 17.0 Å². The van der Waals surface area contributed by atoms with E-state index in [1.807, 2.05) is 18.2 Å². The summed E-state index contributed by atoms with van der Waals surface area (Å²) in [5.74, 6) is 0.205. The van der Waals surface area contributed by atoms with Crippen molar-refractivity contribution in [3.63, 3.8) is 0 Å². The maximum atomic E-state index is 12.7. The van der Waals surface area contributed by atoms with Gasteiger partial charge in [-0.25, -0.2) is 13.5 Å². The van der Waals surface area contributed by atoms with Crippen LogP contribution in [0.5, 0.6) is 0 Å². The number of nitrogens with two attached hydrogens (primary N) is 1. The first-order valence-corrected chi connectivity index (χ1v) is 10.1. The van der Waals surface area contributed by atoms with Crippen molar-refractivity contribution in [3.05, 3.63) is 30.3 Å². The van der Waals surface area contributed by atoms with Crippen LogP contribution >= 0.6 is 11.8 Å². The van der Waals surface area contributed by atoms with E-state index in [4.69, 9.17) is 5.73 Å². The van der Waals surface area contributed by atoms with Crippen molar-refractivity contribution in [1.29, 1.82) is 0 Å². The Morgan fingerprint density at radius 2 is 2.12 bits per heavy atom. The number of anilines is 2. The predicted octanol–water partition coefficient (Wildman–Crippen LogP) is 0.699. The molecule has 1 aromatic carbocycles. The van der Waals surface area contributed by atoms with Gasteiger partial charge in [-0.2, -0.15) is 4.98 Å². The highest BCUT2D eigenvalue weighted by atomic mass is 32.2. The van der Waals surface area contributed by atoms with Crippen LogP contribution in [0.1, 0.15) is 6.42 Å². The number of aromatic nitrogens is 3. The molecule has 1 saturated heterocycles. The molecule has 1 atom stereocenters. The molecule has 10 heteroatoms. The molecule has 2 heterocycles. The number of hydrogen-bond acceptors (Lipinski definition) is 7. The van der Waals surface area contributed by atoms with Gasteiger partial charge in [0.25, 0.3) is 0 Å². The van der Waals surface area contributed by atoms with Crippen molar-refractivity contribution in [2.24, 2.45) is 0 Å². The van der Waals surface area contributed by atoms with Gasteiger partial charge in [0, 0.05) is 5.69 Å². The largest absolute Gasteiger partial charge is 0.368 e. The first-order chi connectivity index (χ1) is 11.4. The maximum absolute atomic E-state index is 12.7. The molecule has 24 heavy (non-hydrogen) atoms. The van der Waals surface area contributed by atoms with E-state index in [-0.39, 0.29) is 35.2 Å². The van der Waals surface area contributed by atoms with E-state index in [1.165, 1.54) is 0 Å². The lowest BCUT2D eigenvalue weighted by molar-refractivity contribution is -0.116. The smallest absolute Gasteiger partial charge is 0.237 e. The molecule has 1 amide bonds. The van der Waals surface area contributed by atoms with Crippen LogP contribution in [0.15, 0.2) is 35.5 Å². The van der Waals surface area contributed by atoms with Crippen LogP contribution in [0.3, 0.4) is 0 Å². The molecular formula is C14H17N5O3S2. The van der Waals surface area contributed by atoms with Crippen molar-refractivity contribution >= 4 is 39.1 Å². The number of amides is 1. The quantitative estimate of drug-likeness (QED) is 0.746. The number of benzene rings is 1.